The Kier molecular flexibility index (Phi) is 2.69. The fraction of sp³-hybridized carbons (Fsp3) is 0.0833. The van der Waals surface area contributed by atoms with Crippen molar-refractivity contribution in [3.8, 4) is 11.3 Å². The molecule has 4 nitrogen and oxygen atoms in total. The highest BCUT2D eigenvalue weighted by Gasteiger charge is 2.12. The van der Waals surface area contributed by atoms with Crippen LogP contribution in [0.5, 0.6) is 0 Å². The van der Waals surface area contributed by atoms with Crippen molar-refractivity contribution >= 4 is 34.4 Å². The first-order valence-electron chi connectivity index (χ1n) is 5.25. The van der Waals surface area contributed by atoms with E-state index in [9.17, 15) is 0 Å². The molecular formula is C12H8Cl2N4. The molecule has 3 aromatic rings. The zero-order valence-electron chi connectivity index (χ0n) is 9.43. The van der Waals surface area contributed by atoms with Crippen molar-refractivity contribution in [1.29, 1.82) is 0 Å². The van der Waals surface area contributed by atoms with Crippen LogP contribution in [0.3, 0.4) is 0 Å². The van der Waals surface area contributed by atoms with E-state index in [-0.39, 0.29) is 5.28 Å². The third-order valence-electron chi connectivity index (χ3n) is 2.65. The van der Waals surface area contributed by atoms with E-state index in [0.717, 1.165) is 11.1 Å². The van der Waals surface area contributed by atoms with Crippen LogP contribution < -0.4 is 0 Å². The van der Waals surface area contributed by atoms with E-state index in [1.54, 1.807) is 6.33 Å². The number of fused-ring (bicyclic) bond motifs is 1. The third-order valence-corrected chi connectivity index (χ3v) is 3.07. The number of halogens is 2. The molecule has 2 heterocycles. The fourth-order valence-electron chi connectivity index (χ4n) is 1.79. The van der Waals surface area contributed by atoms with Gasteiger partial charge in [0.25, 0.3) is 0 Å². The molecule has 0 aliphatic carbocycles. The maximum Gasteiger partial charge on any atom is 0.225 e. The summed E-state index contributed by atoms with van der Waals surface area (Å²) in [5.74, 6) is 0. The Labute approximate surface area is 113 Å². The number of hydrogen-bond acceptors (Lipinski definition) is 3. The molecule has 0 N–H and O–H groups in total. The summed E-state index contributed by atoms with van der Waals surface area (Å²) in [5, 5.41) is 0.882. The Morgan fingerprint density at radius 2 is 1.78 bits per heavy atom. The van der Waals surface area contributed by atoms with Crippen LogP contribution in [0, 0.1) is 0 Å². The lowest BCUT2D eigenvalue weighted by atomic mass is 10.1. The van der Waals surface area contributed by atoms with Gasteiger partial charge >= 0.3 is 0 Å². The highest BCUT2D eigenvalue weighted by molar-refractivity contribution is 6.30. The van der Waals surface area contributed by atoms with Gasteiger partial charge in [0, 0.05) is 17.6 Å². The van der Waals surface area contributed by atoms with E-state index in [4.69, 9.17) is 23.2 Å². The molecule has 0 atom stereocenters. The molecule has 1 aromatic carbocycles. The average Bonchev–Trinajstić information content (AvgIpc) is 2.71. The van der Waals surface area contributed by atoms with Crippen LogP contribution in [0.4, 0.5) is 0 Å². The van der Waals surface area contributed by atoms with E-state index in [0.29, 0.717) is 16.4 Å². The number of imidazole rings is 1. The van der Waals surface area contributed by atoms with Crippen LogP contribution in [0.25, 0.3) is 22.4 Å². The van der Waals surface area contributed by atoms with Gasteiger partial charge in [0.2, 0.25) is 5.28 Å². The third kappa shape index (κ3) is 1.83. The molecular weight excluding hydrogens is 271 g/mol. The number of aromatic nitrogens is 4. The van der Waals surface area contributed by atoms with Crippen molar-refractivity contribution in [2.45, 2.75) is 0 Å². The highest BCUT2D eigenvalue weighted by atomic mass is 35.5. The van der Waals surface area contributed by atoms with E-state index >= 15 is 0 Å². The second-order valence-corrected chi connectivity index (χ2v) is 4.65. The van der Waals surface area contributed by atoms with Gasteiger partial charge in [-0.2, -0.15) is 4.98 Å². The van der Waals surface area contributed by atoms with E-state index in [1.807, 2.05) is 35.9 Å². The quantitative estimate of drug-likeness (QED) is 0.642. The minimum atomic E-state index is 0.205. The summed E-state index contributed by atoms with van der Waals surface area (Å²) in [6.45, 7) is 0. The van der Waals surface area contributed by atoms with E-state index in [2.05, 4.69) is 15.0 Å². The normalized spacial score (nSPS) is 11.1. The van der Waals surface area contributed by atoms with E-state index in [1.165, 1.54) is 0 Å². The first-order chi connectivity index (χ1) is 8.65. The summed E-state index contributed by atoms with van der Waals surface area (Å²) in [6.07, 6.45) is 1.69. The van der Waals surface area contributed by atoms with Gasteiger partial charge in [-0.25, -0.2) is 9.97 Å². The second-order valence-electron chi connectivity index (χ2n) is 3.88. The molecule has 0 saturated carbocycles. The Bertz CT molecular complexity index is 719. The maximum absolute atomic E-state index is 5.94. The number of hydrogen-bond donors (Lipinski definition) is 0. The molecule has 2 aromatic heterocycles. The van der Waals surface area contributed by atoms with Crippen molar-refractivity contribution in [1.82, 2.24) is 19.5 Å². The number of rotatable bonds is 1. The molecule has 0 bridgehead atoms. The van der Waals surface area contributed by atoms with Crippen molar-refractivity contribution in [3.05, 3.63) is 40.9 Å². The van der Waals surface area contributed by atoms with Crippen molar-refractivity contribution < 1.29 is 0 Å². The van der Waals surface area contributed by atoms with Crippen molar-refractivity contribution in [2.75, 3.05) is 0 Å². The van der Waals surface area contributed by atoms with Crippen LogP contribution in [-0.4, -0.2) is 19.5 Å². The van der Waals surface area contributed by atoms with Crippen molar-refractivity contribution in [3.63, 3.8) is 0 Å². The zero-order valence-corrected chi connectivity index (χ0v) is 10.9. The molecule has 0 radical (unpaired) electrons. The van der Waals surface area contributed by atoms with Crippen LogP contribution in [0.1, 0.15) is 0 Å². The van der Waals surface area contributed by atoms with Gasteiger partial charge in [0.15, 0.2) is 5.65 Å². The molecule has 6 heteroatoms. The predicted molar refractivity (Wildman–Crippen MR) is 71.8 cm³/mol. The minimum absolute atomic E-state index is 0.205. The molecule has 0 aliphatic heterocycles. The summed E-state index contributed by atoms with van der Waals surface area (Å²) in [7, 11) is 1.87. The fourth-order valence-corrected chi connectivity index (χ4v) is 2.08. The van der Waals surface area contributed by atoms with Crippen LogP contribution >= 0.6 is 23.2 Å². The summed E-state index contributed by atoms with van der Waals surface area (Å²) in [6, 6.07) is 7.38. The lowest BCUT2D eigenvalue weighted by Gasteiger charge is -2.03. The van der Waals surface area contributed by atoms with Crippen LogP contribution in [0.15, 0.2) is 30.6 Å². The topological polar surface area (TPSA) is 43.6 Å². The Balaban J connectivity index is 2.31. The Morgan fingerprint density at radius 3 is 2.50 bits per heavy atom. The largest absolute Gasteiger partial charge is 0.318 e. The van der Waals surface area contributed by atoms with Gasteiger partial charge in [0.1, 0.15) is 11.2 Å². The van der Waals surface area contributed by atoms with Crippen molar-refractivity contribution in [2.24, 2.45) is 7.05 Å². The smallest absolute Gasteiger partial charge is 0.225 e. The van der Waals surface area contributed by atoms with Gasteiger partial charge < -0.3 is 4.57 Å². The van der Waals surface area contributed by atoms with Gasteiger partial charge in [-0.1, -0.05) is 23.7 Å². The van der Waals surface area contributed by atoms with Gasteiger partial charge in [0.05, 0.1) is 6.33 Å². The Morgan fingerprint density at radius 1 is 1.06 bits per heavy atom. The van der Waals surface area contributed by atoms with E-state index < -0.39 is 0 Å². The summed E-state index contributed by atoms with van der Waals surface area (Å²) in [5.41, 5.74) is 3.05. The zero-order chi connectivity index (χ0) is 12.7. The summed E-state index contributed by atoms with van der Waals surface area (Å²) in [4.78, 5) is 12.7. The second kappa shape index (κ2) is 4.23. The first-order valence-corrected chi connectivity index (χ1v) is 6.01. The molecule has 18 heavy (non-hydrogen) atoms. The lowest BCUT2D eigenvalue weighted by Crippen LogP contribution is -1.93. The number of nitrogens with zero attached hydrogens (tertiary/aromatic N) is 4. The summed E-state index contributed by atoms with van der Waals surface area (Å²) < 4.78 is 1.81. The number of aryl methyl sites for hydroxylation is 1. The number of benzene rings is 1. The molecule has 0 spiro atoms. The molecule has 0 aliphatic rings. The monoisotopic (exact) mass is 278 g/mol. The van der Waals surface area contributed by atoms with Gasteiger partial charge in [-0.3, -0.25) is 0 Å². The molecule has 0 saturated heterocycles. The molecule has 90 valence electrons. The average molecular weight is 279 g/mol. The predicted octanol–water partition coefficient (Wildman–Crippen LogP) is 3.34. The minimum Gasteiger partial charge on any atom is -0.318 e. The lowest BCUT2D eigenvalue weighted by molar-refractivity contribution is 0.928. The van der Waals surface area contributed by atoms with Gasteiger partial charge in [-0.15, -0.1) is 0 Å². The SMILES string of the molecule is Cn1cnc2c(-c3ccc(Cl)cc3)nc(Cl)nc21. The van der Waals surface area contributed by atoms with Crippen LogP contribution in [-0.2, 0) is 7.05 Å². The molecule has 0 unspecified atom stereocenters. The Hall–Kier alpha value is -1.65. The maximum atomic E-state index is 5.94. The molecule has 3 rings (SSSR count). The first kappa shape index (κ1) is 11.4. The van der Waals surface area contributed by atoms with Crippen LogP contribution in [0.2, 0.25) is 10.3 Å². The summed E-state index contributed by atoms with van der Waals surface area (Å²) >= 11 is 11.8. The standard InChI is InChI=1S/C12H8Cl2N4/c1-18-6-15-10-9(16-12(14)17-11(10)18)7-2-4-8(13)5-3-7/h2-6H,1H3. The highest BCUT2D eigenvalue weighted by Crippen LogP contribution is 2.26. The molecule has 0 amide bonds. The molecule has 0 fully saturated rings. The van der Waals surface area contributed by atoms with Gasteiger partial charge in [-0.05, 0) is 23.7 Å².